The highest BCUT2D eigenvalue weighted by Gasteiger charge is 2.42. The van der Waals surface area contributed by atoms with Crippen LogP contribution in [0.15, 0.2) is 24.5 Å². The van der Waals surface area contributed by atoms with Crippen molar-refractivity contribution in [1.82, 2.24) is 15.3 Å². The molecule has 0 aliphatic carbocycles. The number of fused-ring (bicyclic) bond motifs is 2. The van der Waals surface area contributed by atoms with Gasteiger partial charge in [0.25, 0.3) is 0 Å². The van der Waals surface area contributed by atoms with Crippen LogP contribution in [0.25, 0.3) is 10.9 Å². The summed E-state index contributed by atoms with van der Waals surface area (Å²) in [5.41, 5.74) is 2.16. The Labute approximate surface area is 130 Å². The van der Waals surface area contributed by atoms with Crippen molar-refractivity contribution in [3.05, 3.63) is 30.1 Å². The maximum Gasteiger partial charge on any atom is 0.225 e. The molecule has 2 unspecified atom stereocenters. The molecule has 2 fully saturated rings. The first kappa shape index (κ1) is 14.8. The van der Waals surface area contributed by atoms with Gasteiger partial charge < -0.3 is 10.2 Å². The topological polar surface area (TPSA) is 58.1 Å². The molecule has 22 heavy (non-hydrogen) atoms. The van der Waals surface area contributed by atoms with Crippen molar-refractivity contribution in [3.63, 3.8) is 0 Å². The molecule has 0 spiro atoms. The lowest BCUT2D eigenvalue weighted by atomic mass is 10.0. The predicted octanol–water partition coefficient (Wildman–Crippen LogP) is 2.15. The molecule has 0 saturated carbocycles. The molecule has 116 valence electrons. The number of nitrogens with zero attached hydrogens (tertiary/aromatic N) is 3. The fraction of sp³-hybridized carbons (Fsp3) is 0.471. The maximum atomic E-state index is 11.8. The quantitative estimate of drug-likeness (QED) is 0.876. The molecule has 4 rings (SSSR count). The summed E-state index contributed by atoms with van der Waals surface area (Å²) in [4.78, 5) is 22.8. The summed E-state index contributed by atoms with van der Waals surface area (Å²) in [6.07, 6.45) is 1.61. The van der Waals surface area contributed by atoms with Gasteiger partial charge >= 0.3 is 0 Å². The molecule has 5 heteroatoms. The van der Waals surface area contributed by atoms with Crippen LogP contribution in [0.3, 0.4) is 0 Å². The minimum atomic E-state index is 0.116. The van der Waals surface area contributed by atoms with Crippen molar-refractivity contribution in [3.8, 4) is 0 Å². The van der Waals surface area contributed by atoms with Gasteiger partial charge in [-0.25, -0.2) is 9.97 Å². The molecule has 0 radical (unpaired) electrons. The van der Waals surface area contributed by atoms with Gasteiger partial charge in [0, 0.05) is 30.9 Å². The van der Waals surface area contributed by atoms with Crippen LogP contribution in [-0.4, -0.2) is 35.5 Å². The third-order valence-corrected chi connectivity index (χ3v) is 4.39. The second-order valence-corrected chi connectivity index (χ2v) is 5.73. The molecule has 1 aromatic heterocycles. The summed E-state index contributed by atoms with van der Waals surface area (Å²) in [6.45, 7) is 8.52. The van der Waals surface area contributed by atoms with Crippen molar-refractivity contribution in [2.45, 2.75) is 20.8 Å². The average molecular weight is 298 g/mol. The van der Waals surface area contributed by atoms with E-state index in [1.165, 1.54) is 5.56 Å². The normalized spacial score (nSPS) is 23.0. The monoisotopic (exact) mass is 298 g/mol. The van der Waals surface area contributed by atoms with E-state index in [-0.39, 0.29) is 11.8 Å². The van der Waals surface area contributed by atoms with Crippen molar-refractivity contribution >= 4 is 22.6 Å². The number of carbonyl (C=O) groups is 1. The van der Waals surface area contributed by atoms with Crippen LogP contribution in [0.4, 0.5) is 5.82 Å². The smallest absolute Gasteiger partial charge is 0.225 e. The van der Waals surface area contributed by atoms with Gasteiger partial charge in [-0.2, -0.15) is 0 Å². The van der Waals surface area contributed by atoms with Crippen molar-refractivity contribution < 1.29 is 4.79 Å². The lowest BCUT2D eigenvalue weighted by molar-refractivity contribution is -0.122. The minimum absolute atomic E-state index is 0.116. The Balaban J connectivity index is 0.000000693. The molecule has 3 heterocycles. The second-order valence-electron chi connectivity index (χ2n) is 5.73. The summed E-state index contributed by atoms with van der Waals surface area (Å²) >= 11 is 0. The van der Waals surface area contributed by atoms with E-state index in [2.05, 4.69) is 39.2 Å². The van der Waals surface area contributed by atoms with E-state index in [1.807, 2.05) is 19.9 Å². The Morgan fingerprint density at radius 2 is 2.05 bits per heavy atom. The van der Waals surface area contributed by atoms with Crippen LogP contribution in [-0.2, 0) is 4.79 Å². The zero-order chi connectivity index (χ0) is 15.7. The number of hydrogen-bond donors (Lipinski definition) is 1. The van der Waals surface area contributed by atoms with Crippen LogP contribution in [0.5, 0.6) is 0 Å². The second kappa shape index (κ2) is 5.91. The lowest BCUT2D eigenvalue weighted by Gasteiger charge is -2.20. The first-order valence-corrected chi connectivity index (χ1v) is 7.96. The fourth-order valence-electron chi connectivity index (χ4n) is 3.32. The summed E-state index contributed by atoms with van der Waals surface area (Å²) in [5, 5.41) is 4.02. The van der Waals surface area contributed by atoms with Crippen LogP contribution in [0.1, 0.15) is 19.4 Å². The Bertz CT molecular complexity index is 700. The van der Waals surface area contributed by atoms with E-state index in [1.54, 1.807) is 6.33 Å². The lowest BCUT2D eigenvalue weighted by Crippen LogP contribution is -2.29. The third-order valence-electron chi connectivity index (χ3n) is 4.39. The highest BCUT2D eigenvalue weighted by Crippen LogP contribution is 2.33. The molecule has 2 aliphatic heterocycles. The largest absolute Gasteiger partial charge is 0.355 e. The Morgan fingerprint density at radius 1 is 1.23 bits per heavy atom. The molecule has 2 aromatic rings. The number of aromatic nitrogens is 2. The number of amides is 1. The van der Waals surface area contributed by atoms with E-state index < -0.39 is 0 Å². The molecule has 2 atom stereocenters. The predicted molar refractivity (Wildman–Crippen MR) is 87.8 cm³/mol. The Morgan fingerprint density at radius 3 is 2.82 bits per heavy atom. The molecule has 1 aromatic carbocycles. The van der Waals surface area contributed by atoms with Gasteiger partial charge in [0.2, 0.25) is 5.91 Å². The van der Waals surface area contributed by atoms with Gasteiger partial charge in [-0.1, -0.05) is 25.5 Å². The molecule has 1 amide bonds. The molecule has 0 bridgehead atoms. The maximum absolute atomic E-state index is 11.8. The molecule has 2 saturated heterocycles. The van der Waals surface area contributed by atoms with Gasteiger partial charge in [-0.05, 0) is 19.1 Å². The summed E-state index contributed by atoms with van der Waals surface area (Å²) < 4.78 is 0. The number of benzene rings is 1. The Hall–Kier alpha value is -2.17. The van der Waals surface area contributed by atoms with E-state index in [0.29, 0.717) is 5.92 Å². The van der Waals surface area contributed by atoms with Crippen molar-refractivity contribution in [2.75, 3.05) is 24.5 Å². The molecular weight excluding hydrogens is 276 g/mol. The van der Waals surface area contributed by atoms with Gasteiger partial charge in [-0.15, -0.1) is 0 Å². The number of aryl methyl sites for hydroxylation is 1. The van der Waals surface area contributed by atoms with Gasteiger partial charge in [-0.3, -0.25) is 4.79 Å². The van der Waals surface area contributed by atoms with Gasteiger partial charge in [0.1, 0.15) is 12.1 Å². The summed E-state index contributed by atoms with van der Waals surface area (Å²) in [6, 6.07) is 6.21. The molecule has 5 nitrogen and oxygen atoms in total. The van der Waals surface area contributed by atoms with Crippen LogP contribution >= 0.6 is 0 Å². The fourth-order valence-corrected chi connectivity index (χ4v) is 3.32. The van der Waals surface area contributed by atoms with Crippen LogP contribution in [0.2, 0.25) is 0 Å². The van der Waals surface area contributed by atoms with Crippen molar-refractivity contribution in [1.29, 1.82) is 0 Å². The van der Waals surface area contributed by atoms with Crippen LogP contribution in [0, 0.1) is 18.8 Å². The highest BCUT2D eigenvalue weighted by atomic mass is 16.2. The van der Waals surface area contributed by atoms with Crippen molar-refractivity contribution in [2.24, 2.45) is 11.8 Å². The third kappa shape index (κ3) is 2.40. The number of nitrogens with one attached hydrogen (secondary N) is 1. The van der Waals surface area contributed by atoms with E-state index in [0.717, 1.165) is 36.4 Å². The zero-order valence-corrected chi connectivity index (χ0v) is 13.3. The highest BCUT2D eigenvalue weighted by molar-refractivity contribution is 5.91. The van der Waals surface area contributed by atoms with E-state index in [9.17, 15) is 4.79 Å². The van der Waals surface area contributed by atoms with E-state index in [4.69, 9.17) is 0 Å². The first-order valence-electron chi connectivity index (χ1n) is 7.96. The molecule has 1 N–H and O–H groups in total. The number of hydrogen-bond acceptors (Lipinski definition) is 4. The number of rotatable bonds is 1. The summed E-state index contributed by atoms with van der Waals surface area (Å²) in [5.74, 6) is 1.68. The molecular formula is C17H22N4O. The SMILES string of the molecule is CC.Cc1ccc2ncnc(N3CC4CNC(=O)C4C3)c2c1. The molecule has 2 aliphatic rings. The zero-order valence-electron chi connectivity index (χ0n) is 13.3. The number of anilines is 1. The average Bonchev–Trinajstić information content (AvgIpc) is 3.11. The standard InChI is InChI=1S/C15H16N4O.C2H6/c1-9-2-3-13-11(4-9)14(18-8-17-13)19-6-10-5-16-15(20)12(10)7-19;1-2/h2-4,8,10,12H,5-7H2,1H3,(H,16,20);1-2H3. The summed E-state index contributed by atoms with van der Waals surface area (Å²) in [7, 11) is 0. The number of carbonyl (C=O) groups excluding carboxylic acids is 1. The van der Waals surface area contributed by atoms with Gasteiger partial charge in [0.05, 0.1) is 11.4 Å². The van der Waals surface area contributed by atoms with Gasteiger partial charge in [0.15, 0.2) is 0 Å². The Kier molecular flexibility index (Phi) is 3.96. The minimum Gasteiger partial charge on any atom is -0.355 e. The van der Waals surface area contributed by atoms with Crippen LogP contribution < -0.4 is 10.2 Å². The van der Waals surface area contributed by atoms with E-state index >= 15 is 0 Å². The first-order chi connectivity index (χ1) is 10.7.